The Labute approximate surface area is 150 Å². The minimum absolute atomic E-state index is 0.0327. The second-order valence-electron chi connectivity index (χ2n) is 6.69. The van der Waals surface area contributed by atoms with Crippen molar-refractivity contribution in [2.75, 3.05) is 35.2 Å². The molecule has 4 heteroatoms. The number of nitrogens with zero attached hydrogens (tertiary/aromatic N) is 1. The van der Waals surface area contributed by atoms with Crippen LogP contribution in [0.4, 0.5) is 17.1 Å². The van der Waals surface area contributed by atoms with Crippen molar-refractivity contribution >= 4 is 23.0 Å². The van der Waals surface area contributed by atoms with Gasteiger partial charge in [-0.05, 0) is 62.6 Å². The topological polar surface area (TPSA) is 44.4 Å². The number of anilines is 3. The van der Waals surface area contributed by atoms with Gasteiger partial charge in [-0.2, -0.15) is 0 Å². The largest absolute Gasteiger partial charge is 0.385 e. The first-order valence-corrected chi connectivity index (χ1v) is 9.16. The third kappa shape index (κ3) is 5.24. The maximum absolute atomic E-state index is 12.1. The number of rotatable bonds is 6. The first kappa shape index (κ1) is 17.3. The van der Waals surface area contributed by atoms with Crippen LogP contribution in [0.5, 0.6) is 0 Å². The number of hydrogen-bond donors (Lipinski definition) is 2. The van der Waals surface area contributed by atoms with E-state index in [2.05, 4.69) is 46.7 Å². The maximum atomic E-state index is 12.1. The average molecular weight is 337 g/mol. The number of piperidine rings is 1. The monoisotopic (exact) mass is 337 g/mol. The summed E-state index contributed by atoms with van der Waals surface area (Å²) in [6, 6.07) is 16.4. The predicted molar refractivity (Wildman–Crippen MR) is 105 cm³/mol. The smallest absolute Gasteiger partial charge is 0.226 e. The van der Waals surface area contributed by atoms with Crippen LogP contribution in [-0.2, 0) is 4.79 Å². The van der Waals surface area contributed by atoms with Crippen molar-refractivity contribution in [1.82, 2.24) is 0 Å². The van der Waals surface area contributed by atoms with Crippen LogP contribution in [0, 0.1) is 6.92 Å². The summed E-state index contributed by atoms with van der Waals surface area (Å²) in [4.78, 5) is 14.5. The van der Waals surface area contributed by atoms with Gasteiger partial charge in [0.15, 0.2) is 0 Å². The van der Waals surface area contributed by atoms with Crippen LogP contribution in [0.2, 0.25) is 0 Å². The fourth-order valence-corrected chi connectivity index (χ4v) is 3.12. The molecule has 1 fully saturated rings. The molecule has 0 atom stereocenters. The summed E-state index contributed by atoms with van der Waals surface area (Å²) in [5.74, 6) is 0.0327. The van der Waals surface area contributed by atoms with E-state index in [1.165, 1.54) is 30.5 Å². The molecule has 0 unspecified atom stereocenters. The Morgan fingerprint density at radius 3 is 2.24 bits per heavy atom. The Kier molecular flexibility index (Phi) is 5.94. The van der Waals surface area contributed by atoms with Gasteiger partial charge in [-0.1, -0.05) is 17.7 Å². The molecule has 0 saturated carbocycles. The highest BCUT2D eigenvalue weighted by Gasteiger charge is 2.10. The van der Waals surface area contributed by atoms with Gasteiger partial charge in [0.2, 0.25) is 5.91 Å². The number of carbonyl (C=O) groups is 1. The van der Waals surface area contributed by atoms with Gasteiger partial charge in [0.05, 0.1) is 0 Å². The van der Waals surface area contributed by atoms with E-state index in [1.807, 2.05) is 24.3 Å². The second kappa shape index (κ2) is 8.56. The van der Waals surface area contributed by atoms with E-state index in [0.29, 0.717) is 13.0 Å². The van der Waals surface area contributed by atoms with E-state index in [-0.39, 0.29) is 5.91 Å². The lowest BCUT2D eigenvalue weighted by atomic mass is 10.1. The zero-order chi connectivity index (χ0) is 17.5. The standard InChI is InChI=1S/C21H27N3O/c1-17-5-7-18(8-6-17)22-14-13-21(25)23-19-9-11-20(12-10-19)24-15-3-2-4-16-24/h5-12,22H,2-4,13-16H2,1H3,(H,23,25). The number of aryl methyl sites for hydroxylation is 1. The van der Waals surface area contributed by atoms with Crippen LogP contribution in [0.1, 0.15) is 31.2 Å². The Hall–Kier alpha value is -2.49. The molecule has 0 radical (unpaired) electrons. The van der Waals surface area contributed by atoms with Crippen LogP contribution in [0.25, 0.3) is 0 Å². The number of hydrogen-bond acceptors (Lipinski definition) is 3. The highest BCUT2D eigenvalue weighted by atomic mass is 16.1. The molecular weight excluding hydrogens is 310 g/mol. The van der Waals surface area contributed by atoms with Crippen molar-refractivity contribution < 1.29 is 4.79 Å². The average Bonchev–Trinajstić information content (AvgIpc) is 2.65. The van der Waals surface area contributed by atoms with E-state index >= 15 is 0 Å². The minimum Gasteiger partial charge on any atom is -0.385 e. The summed E-state index contributed by atoms with van der Waals surface area (Å²) in [6.45, 7) is 4.96. The van der Waals surface area contributed by atoms with E-state index < -0.39 is 0 Å². The van der Waals surface area contributed by atoms with Crippen LogP contribution in [0.3, 0.4) is 0 Å². The Morgan fingerprint density at radius 1 is 0.920 bits per heavy atom. The summed E-state index contributed by atoms with van der Waals surface area (Å²) < 4.78 is 0. The zero-order valence-corrected chi connectivity index (χ0v) is 14.9. The van der Waals surface area contributed by atoms with E-state index in [4.69, 9.17) is 0 Å². The third-order valence-electron chi connectivity index (χ3n) is 4.61. The molecule has 25 heavy (non-hydrogen) atoms. The molecule has 0 aromatic heterocycles. The molecular formula is C21H27N3O. The quantitative estimate of drug-likeness (QED) is 0.820. The summed E-state index contributed by atoms with van der Waals surface area (Å²) in [7, 11) is 0. The molecule has 1 saturated heterocycles. The molecule has 4 nitrogen and oxygen atoms in total. The fourth-order valence-electron chi connectivity index (χ4n) is 3.12. The molecule has 0 spiro atoms. The number of nitrogens with one attached hydrogen (secondary N) is 2. The fraction of sp³-hybridized carbons (Fsp3) is 0.381. The first-order chi connectivity index (χ1) is 12.2. The van der Waals surface area contributed by atoms with E-state index in [0.717, 1.165) is 24.5 Å². The Balaban J connectivity index is 1.43. The van der Waals surface area contributed by atoms with Gasteiger partial charge in [-0.25, -0.2) is 0 Å². The molecule has 2 aromatic rings. The second-order valence-corrected chi connectivity index (χ2v) is 6.69. The minimum atomic E-state index is 0.0327. The molecule has 0 aliphatic carbocycles. The Bertz CT molecular complexity index is 673. The predicted octanol–water partition coefficient (Wildman–Crippen LogP) is 4.43. The molecule has 1 heterocycles. The summed E-state index contributed by atoms with van der Waals surface area (Å²) >= 11 is 0. The van der Waals surface area contributed by atoms with Crippen LogP contribution in [-0.4, -0.2) is 25.5 Å². The maximum Gasteiger partial charge on any atom is 0.226 e. The zero-order valence-electron chi connectivity index (χ0n) is 14.9. The highest BCUT2D eigenvalue weighted by molar-refractivity contribution is 5.91. The molecule has 2 N–H and O–H groups in total. The lowest BCUT2D eigenvalue weighted by Gasteiger charge is -2.28. The van der Waals surface area contributed by atoms with Gasteiger partial charge in [0, 0.05) is 43.1 Å². The molecule has 1 amide bonds. The van der Waals surface area contributed by atoms with Crippen LogP contribution < -0.4 is 15.5 Å². The van der Waals surface area contributed by atoms with E-state index in [9.17, 15) is 4.79 Å². The Morgan fingerprint density at radius 2 is 1.56 bits per heavy atom. The van der Waals surface area contributed by atoms with Crippen LogP contribution in [0.15, 0.2) is 48.5 Å². The van der Waals surface area contributed by atoms with Crippen molar-refractivity contribution in [2.24, 2.45) is 0 Å². The molecule has 0 bridgehead atoms. The lowest BCUT2D eigenvalue weighted by Crippen LogP contribution is -2.29. The number of carbonyl (C=O) groups excluding carboxylic acids is 1. The van der Waals surface area contributed by atoms with Crippen molar-refractivity contribution in [3.05, 3.63) is 54.1 Å². The van der Waals surface area contributed by atoms with Gasteiger partial charge in [-0.3, -0.25) is 4.79 Å². The highest BCUT2D eigenvalue weighted by Crippen LogP contribution is 2.21. The van der Waals surface area contributed by atoms with Gasteiger partial charge >= 0.3 is 0 Å². The number of amides is 1. The molecule has 1 aliphatic rings. The van der Waals surface area contributed by atoms with Crippen molar-refractivity contribution in [2.45, 2.75) is 32.6 Å². The lowest BCUT2D eigenvalue weighted by molar-refractivity contribution is -0.115. The van der Waals surface area contributed by atoms with Crippen LogP contribution >= 0.6 is 0 Å². The number of benzene rings is 2. The van der Waals surface area contributed by atoms with Crippen molar-refractivity contribution in [3.63, 3.8) is 0 Å². The van der Waals surface area contributed by atoms with E-state index in [1.54, 1.807) is 0 Å². The summed E-state index contributed by atoms with van der Waals surface area (Å²) in [6.07, 6.45) is 4.32. The third-order valence-corrected chi connectivity index (χ3v) is 4.61. The molecule has 1 aliphatic heterocycles. The SMILES string of the molecule is Cc1ccc(NCCC(=O)Nc2ccc(N3CCCCC3)cc2)cc1. The van der Waals surface area contributed by atoms with Gasteiger partial charge in [0.25, 0.3) is 0 Å². The summed E-state index contributed by atoms with van der Waals surface area (Å²) in [5.41, 5.74) is 4.39. The first-order valence-electron chi connectivity index (χ1n) is 9.16. The summed E-state index contributed by atoms with van der Waals surface area (Å²) in [5, 5.41) is 6.24. The molecule has 2 aromatic carbocycles. The molecule has 132 valence electrons. The van der Waals surface area contributed by atoms with Crippen molar-refractivity contribution in [3.8, 4) is 0 Å². The van der Waals surface area contributed by atoms with Gasteiger partial charge < -0.3 is 15.5 Å². The van der Waals surface area contributed by atoms with Gasteiger partial charge in [-0.15, -0.1) is 0 Å². The van der Waals surface area contributed by atoms with Crippen molar-refractivity contribution in [1.29, 1.82) is 0 Å². The molecule has 3 rings (SSSR count). The van der Waals surface area contributed by atoms with Gasteiger partial charge in [0.1, 0.15) is 0 Å². The normalized spacial score (nSPS) is 14.2.